The fraction of sp³-hybridized carbons (Fsp3) is 0.714. The molecule has 31 heavy (non-hydrogen) atoms. The third kappa shape index (κ3) is 7.59. The van der Waals surface area contributed by atoms with Crippen molar-refractivity contribution in [1.29, 1.82) is 0 Å². The maximum Gasteiger partial charge on any atom is 0.191 e. The average molecular weight is 578 g/mol. The van der Waals surface area contributed by atoms with Crippen LogP contribution in [0.4, 0.5) is 0 Å². The molecule has 0 unspecified atom stereocenters. The molecule has 1 aliphatic rings. The van der Waals surface area contributed by atoms with Crippen LogP contribution in [0.2, 0.25) is 0 Å². The summed E-state index contributed by atoms with van der Waals surface area (Å²) in [6, 6.07) is 0.582. The number of aromatic nitrogens is 4. The van der Waals surface area contributed by atoms with Gasteiger partial charge in [-0.2, -0.15) is 0 Å². The van der Waals surface area contributed by atoms with E-state index in [0.717, 1.165) is 61.5 Å². The highest BCUT2D eigenvalue weighted by molar-refractivity contribution is 14.0. The third-order valence-electron chi connectivity index (χ3n) is 5.48. The van der Waals surface area contributed by atoms with Crippen molar-refractivity contribution in [3.05, 3.63) is 21.4 Å². The van der Waals surface area contributed by atoms with Gasteiger partial charge < -0.3 is 15.2 Å². The lowest BCUT2D eigenvalue weighted by atomic mass is 10.2. The highest BCUT2D eigenvalue weighted by atomic mass is 127. The van der Waals surface area contributed by atoms with Gasteiger partial charge >= 0.3 is 0 Å². The summed E-state index contributed by atoms with van der Waals surface area (Å²) in [6.07, 6.45) is 10.0. The number of nitrogens with zero attached hydrogens (tertiary/aromatic N) is 5. The van der Waals surface area contributed by atoms with Crippen LogP contribution in [0, 0.1) is 13.8 Å². The number of aliphatic imine (C=N–C) groups is 1. The largest absolute Gasteiger partial charge is 0.357 e. The zero-order valence-electron chi connectivity index (χ0n) is 19.1. The topological polar surface area (TPSA) is 80.0 Å². The van der Waals surface area contributed by atoms with Gasteiger partial charge in [-0.25, -0.2) is 4.98 Å². The second-order valence-corrected chi connectivity index (χ2v) is 9.76. The summed E-state index contributed by atoms with van der Waals surface area (Å²) >= 11 is 3.49. The van der Waals surface area contributed by atoms with Crippen LogP contribution in [-0.4, -0.2) is 51.6 Å². The van der Waals surface area contributed by atoms with Gasteiger partial charge in [0.1, 0.15) is 5.82 Å². The van der Waals surface area contributed by atoms with E-state index in [2.05, 4.69) is 57.4 Å². The molecule has 0 amide bonds. The number of aryl methyl sites for hydroxylation is 3. The van der Waals surface area contributed by atoms with Crippen LogP contribution in [0.15, 0.2) is 10.1 Å². The quantitative estimate of drug-likeness (QED) is 0.142. The van der Waals surface area contributed by atoms with Gasteiger partial charge in [0, 0.05) is 43.4 Å². The predicted octanol–water partition coefficient (Wildman–Crippen LogP) is 4.54. The summed E-state index contributed by atoms with van der Waals surface area (Å²) in [5.74, 6) is 2.00. The van der Waals surface area contributed by atoms with Gasteiger partial charge in [0.2, 0.25) is 0 Å². The van der Waals surface area contributed by atoms with Crippen LogP contribution in [0.25, 0.3) is 0 Å². The summed E-state index contributed by atoms with van der Waals surface area (Å²) in [5, 5.41) is 17.9. The van der Waals surface area contributed by atoms with E-state index in [4.69, 9.17) is 4.99 Å². The van der Waals surface area contributed by atoms with Gasteiger partial charge in [-0.15, -0.1) is 45.5 Å². The Morgan fingerprint density at radius 1 is 1.19 bits per heavy atom. The molecule has 0 atom stereocenters. The molecule has 0 aromatic carbocycles. The fourth-order valence-corrected chi connectivity index (χ4v) is 5.36. The Morgan fingerprint density at radius 3 is 2.61 bits per heavy atom. The standard InChI is InChI=1S/C21H35N7S2.HI/c1-5-22-20(24-14-12-19-25-15(2)16(3)30-19)23-13-8-11-18-26-27-21(29-4)28(18)17-9-6-7-10-17;/h17H,5-14H2,1-4H3,(H2,22,23,24);1H. The number of guanidine groups is 1. The van der Waals surface area contributed by atoms with Crippen molar-refractivity contribution in [3.63, 3.8) is 0 Å². The lowest BCUT2D eigenvalue weighted by molar-refractivity contribution is 0.461. The molecule has 2 N–H and O–H groups in total. The number of hydrogen-bond acceptors (Lipinski definition) is 6. The first-order valence-electron chi connectivity index (χ1n) is 11.0. The van der Waals surface area contributed by atoms with E-state index in [-0.39, 0.29) is 24.0 Å². The van der Waals surface area contributed by atoms with E-state index >= 15 is 0 Å². The van der Waals surface area contributed by atoms with Crippen LogP contribution in [-0.2, 0) is 12.8 Å². The van der Waals surface area contributed by atoms with Crippen molar-refractivity contribution >= 4 is 53.0 Å². The highest BCUT2D eigenvalue weighted by Gasteiger charge is 2.23. The fourth-order valence-electron chi connectivity index (χ4n) is 3.85. The molecular weight excluding hydrogens is 541 g/mol. The van der Waals surface area contributed by atoms with Gasteiger partial charge in [-0.1, -0.05) is 24.6 Å². The molecule has 0 radical (unpaired) electrons. The average Bonchev–Trinajstić information content (AvgIpc) is 3.45. The lowest BCUT2D eigenvalue weighted by Crippen LogP contribution is -2.38. The molecule has 2 aromatic heterocycles. The van der Waals surface area contributed by atoms with Crippen LogP contribution in [0.1, 0.15) is 66.5 Å². The molecule has 2 aromatic rings. The number of thiazole rings is 1. The molecule has 1 fully saturated rings. The summed E-state index contributed by atoms with van der Waals surface area (Å²) in [6.45, 7) is 8.77. The van der Waals surface area contributed by atoms with Gasteiger partial charge in [-0.05, 0) is 46.3 Å². The first-order valence-corrected chi connectivity index (χ1v) is 13.1. The number of halogens is 1. The van der Waals surface area contributed by atoms with Gasteiger partial charge in [0.05, 0.1) is 10.7 Å². The summed E-state index contributed by atoms with van der Waals surface area (Å²) in [5.41, 5.74) is 1.14. The molecule has 10 heteroatoms. The van der Waals surface area contributed by atoms with Crippen molar-refractivity contribution in [2.45, 2.75) is 76.9 Å². The Labute approximate surface area is 211 Å². The van der Waals surface area contributed by atoms with E-state index < -0.39 is 0 Å². The van der Waals surface area contributed by atoms with Crippen LogP contribution < -0.4 is 10.6 Å². The van der Waals surface area contributed by atoms with E-state index in [1.165, 1.54) is 35.6 Å². The molecule has 174 valence electrons. The summed E-state index contributed by atoms with van der Waals surface area (Å²) < 4.78 is 2.39. The molecule has 3 rings (SSSR count). The first-order chi connectivity index (χ1) is 14.6. The maximum absolute atomic E-state index is 4.75. The maximum atomic E-state index is 4.75. The smallest absolute Gasteiger partial charge is 0.191 e. The number of thioether (sulfide) groups is 1. The second-order valence-electron chi connectivity index (χ2n) is 7.70. The van der Waals surface area contributed by atoms with E-state index in [1.54, 1.807) is 23.1 Å². The zero-order chi connectivity index (χ0) is 21.3. The number of nitrogens with one attached hydrogen (secondary N) is 2. The normalized spacial score (nSPS) is 14.6. The van der Waals surface area contributed by atoms with Crippen molar-refractivity contribution in [1.82, 2.24) is 30.4 Å². The summed E-state index contributed by atoms with van der Waals surface area (Å²) in [4.78, 5) is 10.7. The molecule has 0 bridgehead atoms. The Bertz CT molecular complexity index is 808. The van der Waals surface area contributed by atoms with E-state index in [0.29, 0.717) is 6.04 Å². The van der Waals surface area contributed by atoms with E-state index in [1.807, 2.05) is 0 Å². The predicted molar refractivity (Wildman–Crippen MR) is 142 cm³/mol. The van der Waals surface area contributed by atoms with Gasteiger partial charge in [-0.3, -0.25) is 4.99 Å². The molecule has 1 saturated carbocycles. The molecule has 7 nitrogen and oxygen atoms in total. The van der Waals surface area contributed by atoms with Gasteiger partial charge in [0.15, 0.2) is 11.1 Å². The Balaban J connectivity index is 0.00000341. The van der Waals surface area contributed by atoms with E-state index in [9.17, 15) is 0 Å². The molecular formula is C21H36IN7S2. The minimum absolute atomic E-state index is 0. The Kier molecular flexibility index (Phi) is 11.6. The van der Waals surface area contributed by atoms with Crippen LogP contribution in [0.3, 0.4) is 0 Å². The van der Waals surface area contributed by atoms with Gasteiger partial charge in [0.25, 0.3) is 0 Å². The SMILES string of the molecule is CCNC(=NCCCc1nnc(SC)n1C1CCCC1)NCCc1nc(C)c(C)s1.I. The summed E-state index contributed by atoms with van der Waals surface area (Å²) in [7, 11) is 0. The van der Waals surface area contributed by atoms with Crippen molar-refractivity contribution in [3.8, 4) is 0 Å². The Morgan fingerprint density at radius 2 is 1.97 bits per heavy atom. The highest BCUT2D eigenvalue weighted by Crippen LogP contribution is 2.33. The van der Waals surface area contributed by atoms with Crippen molar-refractivity contribution in [2.24, 2.45) is 4.99 Å². The molecule has 1 aliphatic carbocycles. The minimum atomic E-state index is 0. The van der Waals surface area contributed by atoms with Crippen LogP contribution >= 0.6 is 47.1 Å². The molecule has 0 saturated heterocycles. The monoisotopic (exact) mass is 577 g/mol. The van der Waals surface area contributed by atoms with Crippen LogP contribution in [0.5, 0.6) is 0 Å². The number of rotatable bonds is 10. The Hall–Kier alpha value is -0.880. The zero-order valence-corrected chi connectivity index (χ0v) is 23.1. The number of hydrogen-bond donors (Lipinski definition) is 2. The first kappa shape index (κ1) is 26.4. The lowest BCUT2D eigenvalue weighted by Gasteiger charge is -2.16. The minimum Gasteiger partial charge on any atom is -0.357 e. The molecule has 0 spiro atoms. The van der Waals surface area contributed by atoms with Crippen molar-refractivity contribution < 1.29 is 0 Å². The molecule has 2 heterocycles. The third-order valence-corrected chi connectivity index (χ3v) is 7.26. The second kappa shape index (κ2) is 13.6. The molecule has 0 aliphatic heterocycles. The van der Waals surface area contributed by atoms with Crippen molar-refractivity contribution in [2.75, 3.05) is 25.9 Å².